The minimum absolute atomic E-state index is 0.0326. The van der Waals surface area contributed by atoms with Crippen LogP contribution >= 0.6 is 22.6 Å². The van der Waals surface area contributed by atoms with Gasteiger partial charge in [0, 0.05) is 35.8 Å². The summed E-state index contributed by atoms with van der Waals surface area (Å²) in [6, 6.07) is 8.70. The van der Waals surface area contributed by atoms with Crippen molar-refractivity contribution in [2.45, 2.75) is 31.7 Å². The molecular formula is C16H22IN3O. The lowest BCUT2D eigenvalue weighted by Gasteiger charge is -2.38. The molecule has 0 atom stereocenters. The first kappa shape index (κ1) is 15.1. The van der Waals surface area contributed by atoms with Crippen LogP contribution in [0.3, 0.4) is 0 Å². The van der Waals surface area contributed by atoms with Crippen LogP contribution in [0.15, 0.2) is 24.3 Å². The zero-order valence-corrected chi connectivity index (χ0v) is 14.4. The molecule has 1 aromatic rings. The second-order valence-electron chi connectivity index (χ2n) is 5.87. The topological polar surface area (TPSA) is 35.6 Å². The van der Waals surface area contributed by atoms with E-state index in [1.165, 1.54) is 25.7 Å². The highest BCUT2D eigenvalue weighted by molar-refractivity contribution is 14.1. The minimum Gasteiger partial charge on any atom is -0.322 e. The molecule has 1 heterocycles. The molecule has 1 aliphatic carbocycles. The summed E-state index contributed by atoms with van der Waals surface area (Å²) in [6.07, 6.45) is 5.43. The van der Waals surface area contributed by atoms with E-state index >= 15 is 0 Å². The number of hydrogen-bond acceptors (Lipinski definition) is 2. The van der Waals surface area contributed by atoms with Crippen molar-refractivity contribution >= 4 is 34.3 Å². The van der Waals surface area contributed by atoms with Crippen molar-refractivity contribution in [2.75, 3.05) is 31.5 Å². The van der Waals surface area contributed by atoms with Gasteiger partial charge in [-0.25, -0.2) is 4.79 Å². The molecule has 1 aliphatic heterocycles. The predicted molar refractivity (Wildman–Crippen MR) is 93.6 cm³/mol. The van der Waals surface area contributed by atoms with Crippen LogP contribution < -0.4 is 5.32 Å². The highest BCUT2D eigenvalue weighted by Crippen LogP contribution is 2.24. The Morgan fingerprint density at radius 3 is 2.43 bits per heavy atom. The lowest BCUT2D eigenvalue weighted by molar-refractivity contribution is 0.115. The van der Waals surface area contributed by atoms with E-state index in [1.807, 2.05) is 29.2 Å². The van der Waals surface area contributed by atoms with Crippen molar-refractivity contribution in [3.05, 3.63) is 27.8 Å². The molecule has 1 saturated carbocycles. The number of nitrogens with zero attached hydrogens (tertiary/aromatic N) is 2. The molecule has 2 fully saturated rings. The number of hydrogen-bond donors (Lipinski definition) is 1. The molecule has 5 heteroatoms. The average Bonchev–Trinajstić information content (AvgIpc) is 3.04. The van der Waals surface area contributed by atoms with Gasteiger partial charge in [-0.2, -0.15) is 0 Å². The molecule has 0 spiro atoms. The van der Waals surface area contributed by atoms with Crippen LogP contribution in [0, 0.1) is 3.57 Å². The number of benzene rings is 1. The molecule has 1 saturated heterocycles. The number of carbonyl (C=O) groups is 1. The minimum atomic E-state index is 0.0326. The van der Waals surface area contributed by atoms with Crippen LogP contribution in [0.5, 0.6) is 0 Å². The Kier molecular flexibility index (Phi) is 5.00. The largest absolute Gasteiger partial charge is 0.322 e. The summed E-state index contributed by atoms with van der Waals surface area (Å²) in [5.74, 6) is 0. The summed E-state index contributed by atoms with van der Waals surface area (Å²) in [5.41, 5.74) is 0.904. The van der Waals surface area contributed by atoms with Crippen molar-refractivity contribution in [3.8, 4) is 0 Å². The first-order chi connectivity index (χ1) is 10.2. The van der Waals surface area contributed by atoms with E-state index in [-0.39, 0.29) is 6.03 Å². The lowest BCUT2D eigenvalue weighted by atomic mass is 10.2. The fourth-order valence-electron chi connectivity index (χ4n) is 3.32. The third-order valence-electron chi connectivity index (χ3n) is 4.56. The van der Waals surface area contributed by atoms with Crippen molar-refractivity contribution < 1.29 is 4.79 Å². The van der Waals surface area contributed by atoms with E-state index in [0.717, 1.165) is 41.5 Å². The Balaban J connectivity index is 1.52. The summed E-state index contributed by atoms with van der Waals surface area (Å²) >= 11 is 2.25. The molecule has 2 aliphatic rings. The second kappa shape index (κ2) is 6.96. The van der Waals surface area contributed by atoms with Crippen LogP contribution in [-0.2, 0) is 0 Å². The summed E-state index contributed by atoms with van der Waals surface area (Å²) < 4.78 is 1.08. The number of para-hydroxylation sites is 1. The van der Waals surface area contributed by atoms with E-state index in [4.69, 9.17) is 0 Å². The maximum atomic E-state index is 12.3. The van der Waals surface area contributed by atoms with E-state index in [9.17, 15) is 4.79 Å². The van der Waals surface area contributed by atoms with Crippen LogP contribution in [0.2, 0.25) is 0 Å². The summed E-state index contributed by atoms with van der Waals surface area (Å²) in [7, 11) is 0. The molecule has 0 unspecified atom stereocenters. The maximum absolute atomic E-state index is 12.3. The van der Waals surface area contributed by atoms with Gasteiger partial charge in [0.2, 0.25) is 0 Å². The summed E-state index contributed by atoms with van der Waals surface area (Å²) in [4.78, 5) is 16.9. The number of halogens is 1. The summed E-state index contributed by atoms with van der Waals surface area (Å²) in [5, 5.41) is 3.03. The number of carbonyl (C=O) groups excluding carboxylic acids is 1. The number of amides is 2. The van der Waals surface area contributed by atoms with Gasteiger partial charge in [-0.3, -0.25) is 4.90 Å². The smallest absolute Gasteiger partial charge is 0.321 e. The van der Waals surface area contributed by atoms with Gasteiger partial charge in [-0.05, 0) is 47.6 Å². The van der Waals surface area contributed by atoms with Crippen molar-refractivity contribution in [1.82, 2.24) is 9.80 Å². The molecule has 0 bridgehead atoms. The number of anilines is 1. The molecule has 0 radical (unpaired) electrons. The standard InChI is InChI=1S/C16H22IN3O/c17-14-7-3-4-8-15(14)18-16(21)20-11-9-19(10-12-20)13-5-1-2-6-13/h3-4,7-8,13H,1-2,5-6,9-12H2,(H,18,21). The SMILES string of the molecule is O=C(Nc1ccccc1I)N1CCN(C2CCCC2)CC1. The normalized spacial score (nSPS) is 20.7. The number of rotatable bonds is 2. The Morgan fingerprint density at radius 2 is 1.76 bits per heavy atom. The number of urea groups is 1. The van der Waals surface area contributed by atoms with Gasteiger partial charge < -0.3 is 10.2 Å². The molecule has 1 N–H and O–H groups in total. The van der Waals surface area contributed by atoms with Crippen molar-refractivity contribution in [3.63, 3.8) is 0 Å². The van der Waals surface area contributed by atoms with E-state index in [0.29, 0.717) is 0 Å². The fourth-order valence-corrected chi connectivity index (χ4v) is 3.84. The van der Waals surface area contributed by atoms with Gasteiger partial charge in [0.25, 0.3) is 0 Å². The molecular weight excluding hydrogens is 377 g/mol. The first-order valence-corrected chi connectivity index (χ1v) is 8.86. The Hall–Kier alpha value is -0.820. The molecule has 4 nitrogen and oxygen atoms in total. The number of piperazine rings is 1. The quantitative estimate of drug-likeness (QED) is 0.775. The fraction of sp³-hybridized carbons (Fsp3) is 0.562. The number of nitrogens with one attached hydrogen (secondary N) is 1. The van der Waals surface area contributed by atoms with Gasteiger partial charge in [0.05, 0.1) is 5.69 Å². The molecule has 1 aromatic carbocycles. The van der Waals surface area contributed by atoms with Gasteiger partial charge in [0.15, 0.2) is 0 Å². The maximum Gasteiger partial charge on any atom is 0.321 e. The van der Waals surface area contributed by atoms with E-state index < -0.39 is 0 Å². The van der Waals surface area contributed by atoms with E-state index in [2.05, 4.69) is 32.8 Å². The monoisotopic (exact) mass is 399 g/mol. The van der Waals surface area contributed by atoms with E-state index in [1.54, 1.807) is 0 Å². The highest BCUT2D eigenvalue weighted by atomic mass is 127. The molecule has 114 valence electrons. The van der Waals surface area contributed by atoms with Gasteiger partial charge in [-0.15, -0.1) is 0 Å². The Labute approximate surface area is 140 Å². The van der Waals surface area contributed by atoms with Gasteiger partial charge in [0.1, 0.15) is 0 Å². The van der Waals surface area contributed by atoms with Crippen LogP contribution in [0.4, 0.5) is 10.5 Å². The Morgan fingerprint density at radius 1 is 1.10 bits per heavy atom. The second-order valence-corrected chi connectivity index (χ2v) is 7.03. The van der Waals surface area contributed by atoms with Crippen LogP contribution in [0.1, 0.15) is 25.7 Å². The average molecular weight is 399 g/mol. The van der Waals surface area contributed by atoms with Crippen LogP contribution in [-0.4, -0.2) is 48.1 Å². The van der Waals surface area contributed by atoms with Crippen molar-refractivity contribution in [1.29, 1.82) is 0 Å². The Bertz CT molecular complexity index is 494. The predicted octanol–water partition coefficient (Wildman–Crippen LogP) is 3.38. The third kappa shape index (κ3) is 3.69. The lowest BCUT2D eigenvalue weighted by Crippen LogP contribution is -2.52. The molecule has 21 heavy (non-hydrogen) atoms. The zero-order valence-electron chi connectivity index (χ0n) is 12.2. The van der Waals surface area contributed by atoms with Crippen LogP contribution in [0.25, 0.3) is 0 Å². The molecule has 3 rings (SSSR count). The van der Waals surface area contributed by atoms with Gasteiger partial charge >= 0.3 is 6.03 Å². The molecule has 2 amide bonds. The highest BCUT2D eigenvalue weighted by Gasteiger charge is 2.27. The first-order valence-electron chi connectivity index (χ1n) is 7.78. The zero-order chi connectivity index (χ0) is 14.7. The third-order valence-corrected chi connectivity index (χ3v) is 5.50. The van der Waals surface area contributed by atoms with Crippen molar-refractivity contribution in [2.24, 2.45) is 0 Å². The summed E-state index contributed by atoms with van der Waals surface area (Å²) in [6.45, 7) is 3.71. The molecule has 0 aromatic heterocycles. The van der Waals surface area contributed by atoms with Gasteiger partial charge in [-0.1, -0.05) is 25.0 Å².